The second kappa shape index (κ2) is 6.87. The monoisotopic (exact) mass is 317 g/mol. The first-order valence-electron chi connectivity index (χ1n) is 7.27. The molecule has 1 rings (SSSR count). The third kappa shape index (κ3) is 5.39. The van der Waals surface area contributed by atoms with E-state index in [0.717, 1.165) is 12.8 Å². The van der Waals surface area contributed by atoms with E-state index in [0.29, 0.717) is 24.8 Å². The summed E-state index contributed by atoms with van der Waals surface area (Å²) in [5.41, 5.74) is 5.84. The van der Waals surface area contributed by atoms with Gasteiger partial charge in [-0.05, 0) is 37.6 Å². The quantitative estimate of drug-likeness (QED) is 0.827. The summed E-state index contributed by atoms with van der Waals surface area (Å²) in [6, 6.07) is 0. The number of rotatable bonds is 7. The normalized spacial score (nSPS) is 15.9. The number of hydrogen-bond acceptors (Lipinski definition) is 6. The Bertz CT molecular complexity index is 546. The maximum atomic E-state index is 11.5. The second-order valence-corrected chi connectivity index (χ2v) is 9.06. The van der Waals surface area contributed by atoms with E-state index in [4.69, 9.17) is 10.3 Å². The number of aromatic nitrogens is 2. The molecule has 21 heavy (non-hydrogen) atoms. The van der Waals surface area contributed by atoms with Gasteiger partial charge >= 0.3 is 0 Å². The third-order valence-electron chi connectivity index (χ3n) is 3.94. The van der Waals surface area contributed by atoms with E-state index >= 15 is 0 Å². The van der Waals surface area contributed by atoms with Crippen molar-refractivity contribution in [2.45, 2.75) is 52.2 Å². The fourth-order valence-electron chi connectivity index (χ4n) is 2.24. The molecular weight excluding hydrogens is 290 g/mol. The molecule has 0 aliphatic carbocycles. The van der Waals surface area contributed by atoms with Gasteiger partial charge in [-0.2, -0.15) is 4.98 Å². The minimum absolute atomic E-state index is 0.169. The van der Waals surface area contributed by atoms with Crippen molar-refractivity contribution in [3.05, 3.63) is 11.7 Å². The van der Waals surface area contributed by atoms with Crippen LogP contribution < -0.4 is 5.73 Å². The highest BCUT2D eigenvalue weighted by Gasteiger charge is 2.26. The van der Waals surface area contributed by atoms with Crippen LogP contribution >= 0.6 is 0 Å². The lowest BCUT2D eigenvalue weighted by molar-refractivity contribution is 0.208. The van der Waals surface area contributed by atoms with Gasteiger partial charge in [-0.1, -0.05) is 25.9 Å². The number of sulfone groups is 1. The van der Waals surface area contributed by atoms with Crippen molar-refractivity contribution in [2.75, 3.05) is 12.8 Å². The van der Waals surface area contributed by atoms with Crippen molar-refractivity contribution < 1.29 is 12.9 Å². The van der Waals surface area contributed by atoms with Crippen LogP contribution in [0.5, 0.6) is 0 Å². The Morgan fingerprint density at radius 3 is 2.38 bits per heavy atom. The lowest BCUT2D eigenvalue weighted by Crippen LogP contribution is -2.24. The first-order valence-corrected chi connectivity index (χ1v) is 9.22. The van der Waals surface area contributed by atoms with E-state index in [1.165, 1.54) is 6.26 Å². The molecule has 1 heterocycles. The van der Waals surface area contributed by atoms with Crippen molar-refractivity contribution in [3.8, 4) is 0 Å². The maximum absolute atomic E-state index is 11.5. The van der Waals surface area contributed by atoms with Crippen molar-refractivity contribution in [1.29, 1.82) is 0 Å². The third-order valence-corrected chi connectivity index (χ3v) is 5.43. The average molecular weight is 317 g/mol. The van der Waals surface area contributed by atoms with Gasteiger partial charge in [-0.25, -0.2) is 8.42 Å². The molecule has 0 spiro atoms. The van der Waals surface area contributed by atoms with Gasteiger partial charge < -0.3 is 10.3 Å². The Kier molecular flexibility index (Phi) is 5.92. The molecule has 1 aromatic rings. The van der Waals surface area contributed by atoms with Gasteiger partial charge in [0.2, 0.25) is 5.89 Å². The fraction of sp³-hybridized carbons (Fsp3) is 0.857. The Morgan fingerprint density at radius 2 is 1.90 bits per heavy atom. The van der Waals surface area contributed by atoms with Crippen molar-refractivity contribution in [1.82, 2.24) is 10.1 Å². The summed E-state index contributed by atoms with van der Waals surface area (Å²) in [6.45, 7) is 8.80. The highest BCUT2D eigenvalue weighted by atomic mass is 32.2. The summed E-state index contributed by atoms with van der Waals surface area (Å²) in [7, 11) is -3.21. The minimum atomic E-state index is -3.21. The fourth-order valence-corrected chi connectivity index (χ4v) is 2.71. The molecule has 2 N–H and O–H groups in total. The van der Waals surface area contributed by atoms with Crippen LogP contribution in [0.3, 0.4) is 0 Å². The Morgan fingerprint density at radius 1 is 1.29 bits per heavy atom. The maximum Gasteiger partial charge on any atom is 0.226 e. The molecule has 0 aliphatic heterocycles. The summed E-state index contributed by atoms with van der Waals surface area (Å²) >= 11 is 0. The lowest BCUT2D eigenvalue weighted by Gasteiger charge is -2.30. The second-order valence-electron chi connectivity index (χ2n) is 6.70. The number of nitrogens with two attached hydrogens (primary N) is 1. The number of hydrogen-bond donors (Lipinski definition) is 1. The van der Waals surface area contributed by atoms with E-state index in [1.54, 1.807) is 6.92 Å². The van der Waals surface area contributed by atoms with E-state index < -0.39 is 15.1 Å². The van der Waals surface area contributed by atoms with Crippen LogP contribution in [0.4, 0.5) is 0 Å². The Hall–Kier alpha value is -0.950. The molecule has 0 fully saturated rings. The molecule has 0 bridgehead atoms. The highest BCUT2D eigenvalue weighted by Crippen LogP contribution is 2.32. The van der Waals surface area contributed by atoms with Crippen molar-refractivity contribution in [3.63, 3.8) is 0 Å². The van der Waals surface area contributed by atoms with Gasteiger partial charge in [0.05, 0.1) is 0 Å². The van der Waals surface area contributed by atoms with Crippen LogP contribution in [-0.2, 0) is 16.3 Å². The molecule has 1 aromatic heterocycles. The molecule has 7 heteroatoms. The summed E-state index contributed by atoms with van der Waals surface area (Å²) in [4.78, 5) is 4.20. The predicted molar refractivity (Wildman–Crippen MR) is 82.5 cm³/mol. The van der Waals surface area contributed by atoms with Crippen LogP contribution in [0, 0.1) is 11.3 Å². The van der Waals surface area contributed by atoms with Crippen LogP contribution in [0.2, 0.25) is 0 Å². The molecule has 122 valence electrons. The van der Waals surface area contributed by atoms with Crippen LogP contribution in [0.15, 0.2) is 4.52 Å². The van der Waals surface area contributed by atoms with Crippen molar-refractivity contribution >= 4 is 9.84 Å². The van der Waals surface area contributed by atoms with Crippen LogP contribution in [-0.4, -0.2) is 31.4 Å². The van der Waals surface area contributed by atoms with Crippen molar-refractivity contribution in [2.24, 2.45) is 17.1 Å². The first kappa shape index (κ1) is 18.1. The minimum Gasteiger partial charge on any atom is -0.339 e. The Labute approximate surface area is 127 Å². The largest absolute Gasteiger partial charge is 0.339 e. The van der Waals surface area contributed by atoms with E-state index in [9.17, 15) is 8.42 Å². The SMILES string of the molecule is CC(c1noc(CCC(CCN)C(C)(C)C)n1)S(C)(=O)=O. The predicted octanol–water partition coefficient (Wildman–Crippen LogP) is 2.12. The zero-order valence-corrected chi connectivity index (χ0v) is 14.4. The standard InChI is InChI=1S/C14H27N3O3S/c1-10(21(5,18)19)13-16-12(20-17-13)7-6-11(8-9-15)14(2,3)4/h10-11H,6-9,15H2,1-5H3. The lowest BCUT2D eigenvalue weighted by atomic mass is 9.76. The number of aryl methyl sites for hydroxylation is 1. The van der Waals surface area contributed by atoms with Gasteiger partial charge in [0.1, 0.15) is 5.25 Å². The molecule has 2 atom stereocenters. The van der Waals surface area contributed by atoms with Crippen LogP contribution in [0.25, 0.3) is 0 Å². The van der Waals surface area contributed by atoms with Gasteiger partial charge in [0, 0.05) is 12.7 Å². The van der Waals surface area contributed by atoms with E-state index in [2.05, 4.69) is 30.9 Å². The van der Waals surface area contributed by atoms with E-state index in [1.807, 2.05) is 0 Å². The first-order chi connectivity index (χ1) is 9.55. The summed E-state index contributed by atoms with van der Waals surface area (Å²) in [5.74, 6) is 1.19. The summed E-state index contributed by atoms with van der Waals surface area (Å²) in [5, 5.41) is 3.04. The zero-order valence-electron chi connectivity index (χ0n) is 13.6. The van der Waals surface area contributed by atoms with Gasteiger partial charge in [0.15, 0.2) is 15.7 Å². The van der Waals surface area contributed by atoms with Crippen LogP contribution in [0.1, 0.15) is 57.5 Å². The summed E-state index contributed by atoms with van der Waals surface area (Å²) in [6.07, 6.45) is 3.66. The molecule has 2 unspecified atom stereocenters. The highest BCUT2D eigenvalue weighted by molar-refractivity contribution is 7.90. The molecular formula is C14H27N3O3S. The molecule has 0 saturated heterocycles. The molecule has 0 radical (unpaired) electrons. The topological polar surface area (TPSA) is 99.1 Å². The smallest absolute Gasteiger partial charge is 0.226 e. The molecule has 6 nitrogen and oxygen atoms in total. The zero-order chi connectivity index (χ0) is 16.3. The Balaban J connectivity index is 2.71. The van der Waals surface area contributed by atoms with E-state index in [-0.39, 0.29) is 11.2 Å². The molecule has 0 aliphatic rings. The van der Waals surface area contributed by atoms with Gasteiger partial charge in [-0.15, -0.1) is 0 Å². The molecule has 0 saturated carbocycles. The number of nitrogens with zero attached hydrogens (tertiary/aromatic N) is 2. The summed E-state index contributed by atoms with van der Waals surface area (Å²) < 4.78 is 28.1. The van der Waals surface area contributed by atoms with Gasteiger partial charge in [-0.3, -0.25) is 0 Å². The molecule has 0 amide bonds. The molecule has 0 aromatic carbocycles. The average Bonchev–Trinajstić information content (AvgIpc) is 2.79. The van der Waals surface area contributed by atoms with Gasteiger partial charge in [0.25, 0.3) is 0 Å².